The molecule has 1 aromatic carbocycles. The Morgan fingerprint density at radius 3 is 2.68 bits per heavy atom. The number of carbonyl (C=O) groups is 1. The molecule has 0 bridgehead atoms. The van der Waals surface area contributed by atoms with Crippen molar-refractivity contribution in [2.24, 2.45) is 0 Å². The van der Waals surface area contributed by atoms with Gasteiger partial charge >= 0.3 is 6.03 Å². The molecule has 0 atom stereocenters. The number of rotatable bonds is 4. The highest BCUT2D eigenvalue weighted by Crippen LogP contribution is 2.15. The molecule has 0 aliphatic heterocycles. The van der Waals surface area contributed by atoms with Crippen LogP contribution in [0.25, 0.3) is 0 Å². The van der Waals surface area contributed by atoms with Crippen LogP contribution in [0, 0.1) is 5.82 Å². The number of halogens is 2. The highest BCUT2D eigenvalue weighted by Gasteiger charge is 2.19. The summed E-state index contributed by atoms with van der Waals surface area (Å²) in [5.41, 5.74) is -0.248. The van der Waals surface area contributed by atoms with E-state index in [1.165, 1.54) is 17.0 Å². The fourth-order valence-electron chi connectivity index (χ4n) is 1.61. The molecule has 2 amide bonds. The zero-order valence-corrected chi connectivity index (χ0v) is 12.0. The Morgan fingerprint density at radius 1 is 1.53 bits per heavy atom. The van der Waals surface area contributed by atoms with Gasteiger partial charge in [0.2, 0.25) is 0 Å². The van der Waals surface area contributed by atoms with Crippen LogP contribution in [0.4, 0.5) is 9.18 Å². The molecule has 0 radical (unpaired) electrons. The van der Waals surface area contributed by atoms with Crippen molar-refractivity contribution in [3.8, 4) is 0 Å². The fourth-order valence-corrected chi connectivity index (χ4v) is 1.82. The molecule has 0 saturated carbocycles. The fraction of sp³-hybridized carbons (Fsp3) is 0.462. The van der Waals surface area contributed by atoms with Crippen molar-refractivity contribution in [1.29, 1.82) is 0 Å². The van der Waals surface area contributed by atoms with E-state index in [1.54, 1.807) is 27.0 Å². The van der Waals surface area contributed by atoms with Gasteiger partial charge in [-0.3, -0.25) is 0 Å². The standard InChI is InChI=1S/C13H18ClFN2O2/c1-13(2,19)8-17(3)12(18)16-7-9-4-5-11(15)10(14)6-9/h4-6,19H,7-8H2,1-3H3,(H,16,18). The van der Waals surface area contributed by atoms with Crippen LogP contribution in [-0.2, 0) is 6.54 Å². The number of urea groups is 1. The molecule has 0 fully saturated rings. The summed E-state index contributed by atoms with van der Waals surface area (Å²) >= 11 is 5.65. The average molecular weight is 289 g/mol. The van der Waals surface area contributed by atoms with E-state index < -0.39 is 11.4 Å². The van der Waals surface area contributed by atoms with E-state index in [1.807, 2.05) is 0 Å². The quantitative estimate of drug-likeness (QED) is 0.894. The normalized spacial score (nSPS) is 11.3. The summed E-state index contributed by atoms with van der Waals surface area (Å²) in [5, 5.41) is 12.3. The number of nitrogens with one attached hydrogen (secondary N) is 1. The summed E-state index contributed by atoms with van der Waals surface area (Å²) in [7, 11) is 1.59. The number of amides is 2. The van der Waals surface area contributed by atoms with Gasteiger partial charge in [0, 0.05) is 13.6 Å². The lowest BCUT2D eigenvalue weighted by Crippen LogP contribution is -2.44. The SMILES string of the molecule is CN(CC(C)(C)O)C(=O)NCc1ccc(F)c(Cl)c1. The molecular weight excluding hydrogens is 271 g/mol. The predicted octanol–water partition coefficient (Wildman–Crippen LogP) is 2.39. The number of carbonyl (C=O) groups excluding carboxylic acids is 1. The van der Waals surface area contributed by atoms with Gasteiger partial charge < -0.3 is 15.3 Å². The van der Waals surface area contributed by atoms with E-state index in [9.17, 15) is 14.3 Å². The predicted molar refractivity (Wildman–Crippen MR) is 72.6 cm³/mol. The van der Waals surface area contributed by atoms with Gasteiger partial charge in [0.15, 0.2) is 0 Å². The van der Waals surface area contributed by atoms with Crippen LogP contribution >= 0.6 is 11.6 Å². The van der Waals surface area contributed by atoms with E-state index in [0.29, 0.717) is 5.56 Å². The van der Waals surface area contributed by atoms with Crippen molar-refractivity contribution in [3.63, 3.8) is 0 Å². The smallest absolute Gasteiger partial charge is 0.317 e. The summed E-state index contributed by atoms with van der Waals surface area (Å²) in [6.07, 6.45) is 0. The van der Waals surface area contributed by atoms with E-state index in [4.69, 9.17) is 11.6 Å². The van der Waals surface area contributed by atoms with Crippen molar-refractivity contribution < 1.29 is 14.3 Å². The minimum Gasteiger partial charge on any atom is -0.389 e. The van der Waals surface area contributed by atoms with E-state index >= 15 is 0 Å². The first-order valence-corrected chi connectivity index (χ1v) is 6.22. The molecule has 0 saturated heterocycles. The lowest BCUT2D eigenvalue weighted by atomic mass is 10.1. The molecule has 0 unspecified atom stereocenters. The van der Waals surface area contributed by atoms with Crippen LogP contribution in [-0.4, -0.2) is 35.2 Å². The Hall–Kier alpha value is -1.33. The van der Waals surface area contributed by atoms with Gasteiger partial charge in [-0.25, -0.2) is 9.18 Å². The maximum atomic E-state index is 13.0. The van der Waals surface area contributed by atoms with Gasteiger partial charge in [-0.1, -0.05) is 17.7 Å². The van der Waals surface area contributed by atoms with E-state index in [-0.39, 0.29) is 24.1 Å². The third-order valence-electron chi connectivity index (χ3n) is 2.40. The molecule has 1 aromatic rings. The number of nitrogens with zero attached hydrogens (tertiary/aromatic N) is 1. The molecule has 0 aromatic heterocycles. The van der Waals surface area contributed by atoms with Gasteiger partial charge in [0.25, 0.3) is 0 Å². The number of aliphatic hydroxyl groups is 1. The Balaban J connectivity index is 2.52. The first-order chi connectivity index (χ1) is 8.69. The minimum absolute atomic E-state index is 0.0246. The van der Waals surface area contributed by atoms with Crippen LogP contribution in [0.15, 0.2) is 18.2 Å². The number of likely N-dealkylation sites (N-methyl/N-ethyl adjacent to an activating group) is 1. The monoisotopic (exact) mass is 288 g/mol. The zero-order chi connectivity index (χ0) is 14.6. The summed E-state index contributed by atoms with van der Waals surface area (Å²) in [6, 6.07) is 3.96. The van der Waals surface area contributed by atoms with Gasteiger partial charge in [0.1, 0.15) is 5.82 Å². The molecule has 0 aliphatic carbocycles. The van der Waals surface area contributed by atoms with Gasteiger partial charge in [-0.15, -0.1) is 0 Å². The molecule has 0 aliphatic rings. The second kappa shape index (κ2) is 6.21. The van der Waals surface area contributed by atoms with Crippen molar-refractivity contribution >= 4 is 17.6 Å². The van der Waals surface area contributed by atoms with Crippen molar-refractivity contribution in [3.05, 3.63) is 34.6 Å². The minimum atomic E-state index is -0.953. The maximum absolute atomic E-state index is 13.0. The van der Waals surface area contributed by atoms with Crippen molar-refractivity contribution in [2.75, 3.05) is 13.6 Å². The third-order valence-corrected chi connectivity index (χ3v) is 2.69. The first-order valence-electron chi connectivity index (χ1n) is 5.84. The van der Waals surface area contributed by atoms with Gasteiger partial charge in [-0.05, 0) is 31.5 Å². The highest BCUT2D eigenvalue weighted by molar-refractivity contribution is 6.30. The molecule has 4 nitrogen and oxygen atoms in total. The molecule has 1 rings (SSSR count). The van der Waals surface area contributed by atoms with E-state index in [2.05, 4.69) is 5.32 Å². The lowest BCUT2D eigenvalue weighted by molar-refractivity contribution is 0.0531. The second-order valence-electron chi connectivity index (χ2n) is 5.08. The molecule has 106 valence electrons. The van der Waals surface area contributed by atoms with Gasteiger partial charge in [-0.2, -0.15) is 0 Å². The molecule has 0 heterocycles. The van der Waals surface area contributed by atoms with Crippen LogP contribution in [0.5, 0.6) is 0 Å². The number of hydrogen-bond acceptors (Lipinski definition) is 2. The van der Waals surface area contributed by atoms with Crippen molar-refractivity contribution in [1.82, 2.24) is 10.2 Å². The second-order valence-corrected chi connectivity index (χ2v) is 5.48. The molecule has 0 spiro atoms. The summed E-state index contributed by atoms with van der Waals surface area (Å²) in [4.78, 5) is 13.1. The first kappa shape index (κ1) is 15.7. The highest BCUT2D eigenvalue weighted by atomic mass is 35.5. The average Bonchev–Trinajstić information content (AvgIpc) is 2.28. The van der Waals surface area contributed by atoms with E-state index in [0.717, 1.165) is 0 Å². The van der Waals surface area contributed by atoms with Crippen LogP contribution < -0.4 is 5.32 Å². The Morgan fingerprint density at radius 2 is 2.16 bits per heavy atom. The molecule has 6 heteroatoms. The Bertz CT molecular complexity index is 460. The largest absolute Gasteiger partial charge is 0.389 e. The zero-order valence-electron chi connectivity index (χ0n) is 11.2. The summed E-state index contributed by atoms with van der Waals surface area (Å²) in [5.74, 6) is -0.490. The van der Waals surface area contributed by atoms with Gasteiger partial charge in [0.05, 0.1) is 17.2 Å². The number of hydrogen-bond donors (Lipinski definition) is 2. The molecule has 2 N–H and O–H groups in total. The third kappa shape index (κ3) is 5.44. The lowest BCUT2D eigenvalue weighted by Gasteiger charge is -2.25. The summed E-state index contributed by atoms with van der Waals surface area (Å²) in [6.45, 7) is 3.70. The van der Waals surface area contributed by atoms with Crippen molar-refractivity contribution in [2.45, 2.75) is 26.0 Å². The maximum Gasteiger partial charge on any atom is 0.317 e. The topological polar surface area (TPSA) is 52.6 Å². The molecular formula is C13H18ClFN2O2. The molecule has 19 heavy (non-hydrogen) atoms. The summed E-state index contributed by atoms with van der Waals surface area (Å²) < 4.78 is 13.0. The van der Waals surface area contributed by atoms with Crippen LogP contribution in [0.3, 0.4) is 0 Å². The number of benzene rings is 1. The van der Waals surface area contributed by atoms with Crippen LogP contribution in [0.2, 0.25) is 5.02 Å². The Kier molecular flexibility index (Phi) is 5.14. The van der Waals surface area contributed by atoms with Crippen LogP contribution in [0.1, 0.15) is 19.4 Å². The Labute approximate surface area is 117 Å².